The van der Waals surface area contributed by atoms with Crippen LogP contribution >= 0.6 is 0 Å². The number of nitrogen functional groups attached to an aromatic ring is 1. The van der Waals surface area contributed by atoms with Crippen LogP contribution in [0.25, 0.3) is 17.0 Å². The standard InChI is InChI=1S/C18H22N4O3/c1-4-23-14-9-12(10-15(24-5-2)17(14)25-6-3)18-21-20-16-8-7-13(19)11-22(16)18/h7-11H,4-6,19H2,1-3H3. The van der Waals surface area contributed by atoms with E-state index in [2.05, 4.69) is 10.2 Å². The minimum atomic E-state index is 0.516. The fourth-order valence-corrected chi connectivity index (χ4v) is 2.62. The molecule has 1 aromatic carbocycles. The Hall–Kier alpha value is -2.96. The average Bonchev–Trinajstić information content (AvgIpc) is 3.01. The molecule has 3 rings (SSSR count). The smallest absolute Gasteiger partial charge is 0.203 e. The van der Waals surface area contributed by atoms with Crippen molar-refractivity contribution in [3.8, 4) is 28.6 Å². The molecular formula is C18H22N4O3. The minimum Gasteiger partial charge on any atom is -0.490 e. The van der Waals surface area contributed by atoms with Gasteiger partial charge in [-0.15, -0.1) is 10.2 Å². The van der Waals surface area contributed by atoms with Gasteiger partial charge >= 0.3 is 0 Å². The van der Waals surface area contributed by atoms with Gasteiger partial charge in [-0.3, -0.25) is 4.40 Å². The molecule has 2 N–H and O–H groups in total. The number of aromatic nitrogens is 3. The highest BCUT2D eigenvalue weighted by Gasteiger charge is 2.18. The number of fused-ring (bicyclic) bond motifs is 1. The lowest BCUT2D eigenvalue weighted by Crippen LogP contribution is -2.03. The van der Waals surface area contributed by atoms with E-state index in [0.29, 0.717) is 54.2 Å². The van der Waals surface area contributed by atoms with Crippen molar-refractivity contribution in [2.45, 2.75) is 20.8 Å². The van der Waals surface area contributed by atoms with Crippen molar-refractivity contribution >= 4 is 11.3 Å². The maximum Gasteiger partial charge on any atom is 0.203 e. The number of anilines is 1. The van der Waals surface area contributed by atoms with Crippen LogP contribution in [0.1, 0.15) is 20.8 Å². The van der Waals surface area contributed by atoms with E-state index in [0.717, 1.165) is 5.56 Å². The number of hydrogen-bond acceptors (Lipinski definition) is 6. The Morgan fingerprint density at radius 3 is 2.16 bits per heavy atom. The molecule has 2 heterocycles. The Kier molecular flexibility index (Phi) is 4.92. The Balaban J connectivity index is 2.18. The van der Waals surface area contributed by atoms with Gasteiger partial charge in [0.05, 0.1) is 19.8 Å². The monoisotopic (exact) mass is 342 g/mol. The van der Waals surface area contributed by atoms with Crippen molar-refractivity contribution in [2.24, 2.45) is 0 Å². The van der Waals surface area contributed by atoms with Gasteiger partial charge in [0.2, 0.25) is 5.75 Å². The molecule has 0 aliphatic heterocycles. The van der Waals surface area contributed by atoms with Gasteiger partial charge in [0.25, 0.3) is 0 Å². The first-order chi connectivity index (χ1) is 12.2. The molecule has 0 amide bonds. The molecular weight excluding hydrogens is 320 g/mol. The summed E-state index contributed by atoms with van der Waals surface area (Å²) in [5.74, 6) is 2.49. The lowest BCUT2D eigenvalue weighted by molar-refractivity contribution is 0.261. The number of ether oxygens (including phenoxy) is 3. The highest BCUT2D eigenvalue weighted by atomic mass is 16.5. The SMILES string of the molecule is CCOc1cc(-c2nnc3ccc(N)cn23)cc(OCC)c1OCC. The Morgan fingerprint density at radius 2 is 1.56 bits per heavy atom. The van der Waals surface area contributed by atoms with Gasteiger partial charge in [0.15, 0.2) is 23.0 Å². The van der Waals surface area contributed by atoms with Crippen molar-refractivity contribution in [3.05, 3.63) is 30.5 Å². The number of nitrogens with two attached hydrogens (primary N) is 1. The van der Waals surface area contributed by atoms with E-state index in [1.54, 1.807) is 12.3 Å². The van der Waals surface area contributed by atoms with E-state index in [9.17, 15) is 0 Å². The first kappa shape index (κ1) is 16.9. The van der Waals surface area contributed by atoms with Crippen LogP contribution in [0.4, 0.5) is 5.69 Å². The molecule has 3 aromatic rings. The third-order valence-corrected chi connectivity index (χ3v) is 3.59. The predicted molar refractivity (Wildman–Crippen MR) is 96.3 cm³/mol. The molecule has 0 saturated carbocycles. The summed E-state index contributed by atoms with van der Waals surface area (Å²) < 4.78 is 19.1. The summed E-state index contributed by atoms with van der Waals surface area (Å²) in [6.07, 6.45) is 1.79. The van der Waals surface area contributed by atoms with Crippen LogP contribution < -0.4 is 19.9 Å². The number of pyridine rings is 1. The second kappa shape index (κ2) is 7.29. The van der Waals surface area contributed by atoms with Gasteiger partial charge in [-0.05, 0) is 45.0 Å². The first-order valence-corrected chi connectivity index (χ1v) is 8.35. The van der Waals surface area contributed by atoms with Gasteiger partial charge in [0.1, 0.15) is 0 Å². The van der Waals surface area contributed by atoms with Crippen LogP contribution in [0.15, 0.2) is 30.5 Å². The van der Waals surface area contributed by atoms with E-state index < -0.39 is 0 Å². The van der Waals surface area contributed by atoms with Gasteiger partial charge < -0.3 is 19.9 Å². The summed E-state index contributed by atoms with van der Waals surface area (Å²) in [6.45, 7) is 7.33. The zero-order valence-corrected chi connectivity index (χ0v) is 14.7. The van der Waals surface area contributed by atoms with E-state index in [1.807, 2.05) is 43.4 Å². The summed E-state index contributed by atoms with van der Waals surface area (Å²) in [6, 6.07) is 7.39. The molecule has 0 atom stereocenters. The molecule has 0 saturated heterocycles. The van der Waals surface area contributed by atoms with E-state index in [1.165, 1.54) is 0 Å². The number of benzene rings is 1. The summed E-state index contributed by atoms with van der Waals surface area (Å²) in [7, 11) is 0. The molecule has 0 radical (unpaired) electrons. The van der Waals surface area contributed by atoms with Gasteiger partial charge in [0, 0.05) is 17.4 Å². The largest absolute Gasteiger partial charge is 0.490 e. The molecule has 0 aliphatic rings. The van der Waals surface area contributed by atoms with Crippen LogP contribution in [-0.2, 0) is 0 Å². The van der Waals surface area contributed by atoms with Gasteiger partial charge in [-0.2, -0.15) is 0 Å². The lowest BCUT2D eigenvalue weighted by atomic mass is 10.1. The molecule has 7 heteroatoms. The molecule has 0 bridgehead atoms. The second-order valence-corrected chi connectivity index (χ2v) is 5.31. The topological polar surface area (TPSA) is 83.9 Å². The highest BCUT2D eigenvalue weighted by molar-refractivity contribution is 5.69. The van der Waals surface area contributed by atoms with Crippen molar-refractivity contribution in [2.75, 3.05) is 25.6 Å². The Labute approximate surface area is 146 Å². The summed E-state index contributed by atoms with van der Waals surface area (Å²) in [4.78, 5) is 0. The van der Waals surface area contributed by atoms with Gasteiger partial charge in [-0.1, -0.05) is 0 Å². The quantitative estimate of drug-likeness (QED) is 0.710. The molecule has 0 aliphatic carbocycles. The van der Waals surface area contributed by atoms with Crippen LogP contribution in [0.3, 0.4) is 0 Å². The first-order valence-electron chi connectivity index (χ1n) is 8.35. The number of hydrogen-bond donors (Lipinski definition) is 1. The molecule has 0 fully saturated rings. The van der Waals surface area contributed by atoms with E-state index in [4.69, 9.17) is 19.9 Å². The molecule has 132 valence electrons. The van der Waals surface area contributed by atoms with Crippen molar-refractivity contribution in [1.82, 2.24) is 14.6 Å². The molecule has 0 spiro atoms. The second-order valence-electron chi connectivity index (χ2n) is 5.31. The number of rotatable bonds is 7. The van der Waals surface area contributed by atoms with Crippen molar-refractivity contribution in [3.63, 3.8) is 0 Å². The zero-order valence-electron chi connectivity index (χ0n) is 14.7. The zero-order chi connectivity index (χ0) is 17.8. The summed E-state index contributed by atoms with van der Waals surface area (Å²) in [5.41, 5.74) is 8.07. The van der Waals surface area contributed by atoms with Crippen molar-refractivity contribution in [1.29, 1.82) is 0 Å². The Bertz CT molecular complexity index is 849. The van der Waals surface area contributed by atoms with Crippen LogP contribution in [0, 0.1) is 0 Å². The normalized spacial score (nSPS) is 10.8. The average molecular weight is 342 g/mol. The number of nitrogens with zero attached hydrogens (tertiary/aromatic N) is 3. The Morgan fingerprint density at radius 1 is 0.920 bits per heavy atom. The van der Waals surface area contributed by atoms with E-state index in [-0.39, 0.29) is 0 Å². The van der Waals surface area contributed by atoms with Crippen LogP contribution in [-0.4, -0.2) is 34.4 Å². The molecule has 7 nitrogen and oxygen atoms in total. The fraction of sp³-hybridized carbons (Fsp3) is 0.333. The minimum absolute atomic E-state index is 0.516. The van der Waals surface area contributed by atoms with Crippen LogP contribution in [0.2, 0.25) is 0 Å². The maximum atomic E-state index is 5.90. The molecule has 2 aromatic heterocycles. The summed E-state index contributed by atoms with van der Waals surface area (Å²) >= 11 is 0. The third kappa shape index (κ3) is 3.31. The molecule has 25 heavy (non-hydrogen) atoms. The van der Waals surface area contributed by atoms with Crippen molar-refractivity contribution < 1.29 is 14.2 Å². The molecule has 0 unspecified atom stereocenters. The van der Waals surface area contributed by atoms with Crippen LogP contribution in [0.5, 0.6) is 17.2 Å². The highest BCUT2D eigenvalue weighted by Crippen LogP contribution is 2.41. The maximum absolute atomic E-state index is 5.90. The predicted octanol–water partition coefficient (Wildman–Crippen LogP) is 3.17. The fourth-order valence-electron chi connectivity index (χ4n) is 2.62. The lowest BCUT2D eigenvalue weighted by Gasteiger charge is -2.16. The summed E-state index contributed by atoms with van der Waals surface area (Å²) in [5, 5.41) is 8.48. The van der Waals surface area contributed by atoms with E-state index >= 15 is 0 Å². The third-order valence-electron chi connectivity index (χ3n) is 3.59. The van der Waals surface area contributed by atoms with Gasteiger partial charge in [-0.25, -0.2) is 0 Å².